The molecule has 192 valence electrons. The molecule has 0 radical (unpaired) electrons. The molecule has 1 amide bonds. The molecular weight excluding hydrogens is 478 g/mol. The monoisotopic (exact) mass is 505 g/mol. The molecule has 37 heavy (non-hydrogen) atoms. The smallest absolute Gasteiger partial charge is 0.255 e. The van der Waals surface area contributed by atoms with Crippen molar-refractivity contribution in [2.24, 2.45) is 0 Å². The van der Waals surface area contributed by atoms with Gasteiger partial charge in [-0.05, 0) is 49.4 Å². The van der Waals surface area contributed by atoms with Crippen LogP contribution in [0.1, 0.15) is 32.0 Å². The van der Waals surface area contributed by atoms with Crippen LogP contribution in [-0.4, -0.2) is 47.2 Å². The van der Waals surface area contributed by atoms with E-state index in [-0.39, 0.29) is 17.5 Å². The fourth-order valence-electron chi connectivity index (χ4n) is 4.04. The van der Waals surface area contributed by atoms with Crippen molar-refractivity contribution in [1.29, 1.82) is 0 Å². The molecule has 9 nitrogen and oxygen atoms in total. The molecule has 4 aromatic rings. The molecule has 4 rings (SSSR count). The van der Waals surface area contributed by atoms with Gasteiger partial charge in [0.1, 0.15) is 5.58 Å². The fourth-order valence-corrected chi connectivity index (χ4v) is 4.04. The minimum Gasteiger partial charge on any atom is -0.493 e. The second-order valence-electron chi connectivity index (χ2n) is 8.03. The number of benzene rings is 3. The van der Waals surface area contributed by atoms with Crippen molar-refractivity contribution < 1.29 is 37.7 Å². The van der Waals surface area contributed by atoms with Crippen LogP contribution in [0.2, 0.25) is 0 Å². The van der Waals surface area contributed by atoms with Crippen molar-refractivity contribution >= 4 is 28.3 Å². The molecule has 0 atom stereocenters. The number of ether oxygens (including phenoxy) is 5. The maximum absolute atomic E-state index is 13.2. The Morgan fingerprint density at radius 2 is 1.32 bits per heavy atom. The van der Waals surface area contributed by atoms with E-state index >= 15 is 0 Å². The van der Waals surface area contributed by atoms with Crippen LogP contribution in [0.25, 0.3) is 11.0 Å². The van der Waals surface area contributed by atoms with Crippen molar-refractivity contribution in [3.63, 3.8) is 0 Å². The summed E-state index contributed by atoms with van der Waals surface area (Å²) in [5.74, 6) is 1.61. The van der Waals surface area contributed by atoms with Crippen molar-refractivity contribution in [3.8, 4) is 28.7 Å². The zero-order valence-corrected chi connectivity index (χ0v) is 21.4. The molecule has 0 saturated heterocycles. The lowest BCUT2D eigenvalue weighted by Crippen LogP contribution is -2.12. The topological polar surface area (TPSA) is 105 Å². The largest absolute Gasteiger partial charge is 0.493 e. The summed E-state index contributed by atoms with van der Waals surface area (Å²) >= 11 is 0. The molecular formula is C28H27NO8. The Balaban J connectivity index is 1.63. The molecule has 0 saturated carbocycles. The SMILES string of the molecule is COc1ccc(C(=O)c2oc3cc(NC(=O)c4cc(OC)c(OC)c(OC)c4)ccc3c2C)cc1OC. The van der Waals surface area contributed by atoms with Crippen LogP contribution >= 0.6 is 0 Å². The Morgan fingerprint density at radius 1 is 0.703 bits per heavy atom. The van der Waals surface area contributed by atoms with Gasteiger partial charge in [0.25, 0.3) is 5.91 Å². The Kier molecular flexibility index (Phi) is 7.24. The summed E-state index contributed by atoms with van der Waals surface area (Å²) in [4.78, 5) is 26.2. The number of furan rings is 1. The van der Waals surface area contributed by atoms with E-state index in [1.54, 1.807) is 48.5 Å². The first-order valence-electron chi connectivity index (χ1n) is 11.3. The van der Waals surface area contributed by atoms with E-state index in [1.165, 1.54) is 35.5 Å². The zero-order valence-electron chi connectivity index (χ0n) is 21.4. The van der Waals surface area contributed by atoms with Crippen LogP contribution in [0, 0.1) is 6.92 Å². The van der Waals surface area contributed by atoms with Crippen LogP contribution in [0.4, 0.5) is 5.69 Å². The number of carbonyl (C=O) groups excluding carboxylic acids is 2. The normalized spacial score (nSPS) is 10.6. The van der Waals surface area contributed by atoms with Gasteiger partial charge in [-0.3, -0.25) is 9.59 Å². The average Bonchev–Trinajstić information content (AvgIpc) is 3.26. The zero-order chi connectivity index (χ0) is 26.7. The second-order valence-corrected chi connectivity index (χ2v) is 8.03. The van der Waals surface area contributed by atoms with Crippen LogP contribution in [-0.2, 0) is 0 Å². The number of fused-ring (bicyclic) bond motifs is 1. The van der Waals surface area contributed by atoms with E-state index in [2.05, 4.69) is 5.32 Å². The van der Waals surface area contributed by atoms with E-state index in [1.807, 2.05) is 6.92 Å². The lowest BCUT2D eigenvalue weighted by atomic mass is 10.0. The Bertz CT molecular complexity index is 1460. The lowest BCUT2D eigenvalue weighted by molar-refractivity contribution is 0.101. The molecule has 1 aromatic heterocycles. The van der Waals surface area contributed by atoms with Gasteiger partial charge in [0.15, 0.2) is 28.8 Å². The van der Waals surface area contributed by atoms with E-state index in [0.717, 1.165) is 5.39 Å². The highest BCUT2D eigenvalue weighted by Crippen LogP contribution is 2.38. The van der Waals surface area contributed by atoms with Gasteiger partial charge in [0, 0.05) is 33.8 Å². The maximum atomic E-state index is 13.2. The third-order valence-corrected chi connectivity index (χ3v) is 5.97. The fraction of sp³-hybridized carbons (Fsp3) is 0.214. The standard InChI is InChI=1S/C28H27NO8/c1-15-19-9-8-18(29-28(31)17-12-23(34-4)27(36-6)24(13-17)35-5)14-21(19)37-26(15)25(30)16-7-10-20(32-2)22(11-16)33-3/h7-14H,1-6H3,(H,29,31). The first-order chi connectivity index (χ1) is 17.8. The predicted octanol–water partition coefficient (Wildman–Crippen LogP) is 5.27. The van der Waals surface area contributed by atoms with Crippen LogP contribution in [0.5, 0.6) is 28.7 Å². The number of amides is 1. The number of ketones is 1. The van der Waals surface area contributed by atoms with Gasteiger partial charge in [-0.2, -0.15) is 0 Å². The third-order valence-electron chi connectivity index (χ3n) is 5.97. The molecule has 1 heterocycles. The summed E-state index contributed by atoms with van der Waals surface area (Å²) in [7, 11) is 7.48. The highest BCUT2D eigenvalue weighted by atomic mass is 16.5. The number of anilines is 1. The lowest BCUT2D eigenvalue weighted by Gasteiger charge is -2.14. The molecule has 0 aliphatic rings. The van der Waals surface area contributed by atoms with Gasteiger partial charge in [-0.1, -0.05) is 0 Å². The minimum atomic E-state index is -0.386. The molecule has 0 fully saturated rings. The quantitative estimate of drug-likeness (QED) is 0.307. The van der Waals surface area contributed by atoms with E-state index in [0.29, 0.717) is 56.7 Å². The number of hydrogen-bond donors (Lipinski definition) is 1. The summed E-state index contributed by atoms with van der Waals surface area (Å²) in [6.07, 6.45) is 0. The van der Waals surface area contributed by atoms with E-state index < -0.39 is 0 Å². The van der Waals surface area contributed by atoms with E-state index in [4.69, 9.17) is 28.1 Å². The van der Waals surface area contributed by atoms with Crippen LogP contribution in [0.3, 0.4) is 0 Å². The maximum Gasteiger partial charge on any atom is 0.255 e. The predicted molar refractivity (Wildman–Crippen MR) is 138 cm³/mol. The highest BCUT2D eigenvalue weighted by Gasteiger charge is 2.22. The Hall–Kier alpha value is -4.66. The average molecular weight is 506 g/mol. The van der Waals surface area contributed by atoms with Gasteiger partial charge in [0.2, 0.25) is 11.5 Å². The summed E-state index contributed by atoms with van der Waals surface area (Å²) in [6.45, 7) is 1.81. The summed E-state index contributed by atoms with van der Waals surface area (Å²) in [6, 6.07) is 13.3. The van der Waals surface area contributed by atoms with Crippen molar-refractivity contribution in [1.82, 2.24) is 0 Å². The van der Waals surface area contributed by atoms with Crippen molar-refractivity contribution in [2.75, 3.05) is 40.9 Å². The number of rotatable bonds is 9. The number of methoxy groups -OCH3 is 5. The molecule has 0 aliphatic carbocycles. The second kappa shape index (κ2) is 10.5. The summed E-state index contributed by atoms with van der Waals surface area (Å²) in [5, 5.41) is 3.60. The van der Waals surface area contributed by atoms with Gasteiger partial charge in [-0.15, -0.1) is 0 Å². The Morgan fingerprint density at radius 3 is 1.92 bits per heavy atom. The third kappa shape index (κ3) is 4.75. The summed E-state index contributed by atoms with van der Waals surface area (Å²) < 4.78 is 32.5. The molecule has 0 spiro atoms. The van der Waals surface area contributed by atoms with Gasteiger partial charge in [-0.25, -0.2) is 0 Å². The van der Waals surface area contributed by atoms with Crippen molar-refractivity contribution in [3.05, 3.63) is 71.0 Å². The highest BCUT2D eigenvalue weighted by molar-refractivity contribution is 6.11. The number of aryl methyl sites for hydroxylation is 1. The van der Waals surface area contributed by atoms with Gasteiger partial charge in [0.05, 0.1) is 35.5 Å². The molecule has 0 unspecified atom stereocenters. The molecule has 0 bridgehead atoms. The van der Waals surface area contributed by atoms with Gasteiger partial charge >= 0.3 is 0 Å². The van der Waals surface area contributed by atoms with Crippen LogP contribution < -0.4 is 29.0 Å². The number of carbonyl (C=O) groups is 2. The van der Waals surface area contributed by atoms with Crippen molar-refractivity contribution in [2.45, 2.75) is 6.92 Å². The summed E-state index contributed by atoms with van der Waals surface area (Å²) in [5.41, 5.74) is 2.36. The molecule has 9 heteroatoms. The van der Waals surface area contributed by atoms with Gasteiger partial charge < -0.3 is 33.4 Å². The van der Waals surface area contributed by atoms with E-state index in [9.17, 15) is 9.59 Å². The first-order valence-corrected chi connectivity index (χ1v) is 11.3. The molecule has 0 aliphatic heterocycles. The Labute approximate surface area is 213 Å². The number of hydrogen-bond acceptors (Lipinski definition) is 8. The van der Waals surface area contributed by atoms with Crippen LogP contribution in [0.15, 0.2) is 52.9 Å². The minimum absolute atomic E-state index is 0.204. The number of nitrogens with one attached hydrogen (secondary N) is 1. The first kappa shape index (κ1) is 25.4. The molecule has 1 N–H and O–H groups in total. The molecule has 3 aromatic carbocycles.